The van der Waals surface area contributed by atoms with Crippen LogP contribution in [0.25, 0.3) is 0 Å². The van der Waals surface area contributed by atoms with Crippen molar-refractivity contribution in [3.63, 3.8) is 0 Å². The summed E-state index contributed by atoms with van der Waals surface area (Å²) in [5, 5.41) is 3.01. The van der Waals surface area contributed by atoms with Crippen LogP contribution in [0.4, 0.5) is 0 Å². The van der Waals surface area contributed by atoms with Crippen molar-refractivity contribution >= 4 is 5.91 Å². The lowest BCUT2D eigenvalue weighted by atomic mass is 9.71. The molecule has 0 aliphatic heterocycles. The van der Waals surface area contributed by atoms with Crippen molar-refractivity contribution < 1.29 is 14.3 Å². The smallest absolute Gasteiger partial charge is 0.220 e. The summed E-state index contributed by atoms with van der Waals surface area (Å²) in [6, 6.07) is 7.85. The maximum absolute atomic E-state index is 12.2. The maximum atomic E-state index is 12.2. The van der Waals surface area contributed by atoms with Crippen molar-refractivity contribution in [2.24, 2.45) is 11.1 Å². The van der Waals surface area contributed by atoms with Gasteiger partial charge in [-0.15, -0.1) is 0 Å². The molecule has 0 atom stereocenters. The van der Waals surface area contributed by atoms with E-state index in [1.807, 2.05) is 24.3 Å². The summed E-state index contributed by atoms with van der Waals surface area (Å²) in [4.78, 5) is 12.2. The van der Waals surface area contributed by atoms with E-state index >= 15 is 0 Å². The fourth-order valence-electron chi connectivity index (χ4n) is 3.47. The molecule has 1 aromatic carbocycles. The van der Waals surface area contributed by atoms with Crippen LogP contribution in [0, 0.1) is 5.41 Å². The van der Waals surface area contributed by atoms with Gasteiger partial charge in [-0.1, -0.05) is 31.4 Å². The van der Waals surface area contributed by atoms with Gasteiger partial charge >= 0.3 is 0 Å². The number of carbonyl (C=O) groups excluding carboxylic acids is 1. The fraction of sp³-hybridized carbons (Fsp3) is 0.650. The molecule has 1 aliphatic rings. The van der Waals surface area contributed by atoms with Gasteiger partial charge < -0.3 is 20.5 Å². The van der Waals surface area contributed by atoms with Crippen LogP contribution in [-0.2, 0) is 16.1 Å². The molecule has 1 fully saturated rings. The highest BCUT2D eigenvalue weighted by Gasteiger charge is 2.32. The van der Waals surface area contributed by atoms with Gasteiger partial charge in [-0.2, -0.15) is 0 Å². The van der Waals surface area contributed by atoms with Gasteiger partial charge in [0.2, 0.25) is 5.91 Å². The molecular formula is C20H32N2O3. The van der Waals surface area contributed by atoms with Gasteiger partial charge in [-0.3, -0.25) is 4.79 Å². The topological polar surface area (TPSA) is 73.6 Å². The number of methoxy groups -OCH3 is 1. The van der Waals surface area contributed by atoms with Gasteiger partial charge in [0.15, 0.2) is 0 Å². The summed E-state index contributed by atoms with van der Waals surface area (Å²) in [6.07, 6.45) is 7.22. The molecule has 0 spiro atoms. The summed E-state index contributed by atoms with van der Waals surface area (Å²) in [6.45, 7) is 2.48. The van der Waals surface area contributed by atoms with Crippen LogP contribution >= 0.6 is 0 Å². The molecule has 0 unspecified atom stereocenters. The molecule has 0 radical (unpaired) electrons. The molecule has 140 valence electrons. The van der Waals surface area contributed by atoms with Gasteiger partial charge in [0.1, 0.15) is 5.75 Å². The van der Waals surface area contributed by atoms with Crippen LogP contribution in [0.15, 0.2) is 24.3 Å². The van der Waals surface area contributed by atoms with Gasteiger partial charge in [0.05, 0.1) is 13.7 Å². The van der Waals surface area contributed by atoms with Crippen molar-refractivity contribution in [1.82, 2.24) is 5.32 Å². The number of rotatable bonds is 10. The van der Waals surface area contributed by atoms with Crippen molar-refractivity contribution in [3.8, 4) is 5.75 Å². The number of amides is 1. The standard InChI is InChI=1S/C20H32N2O3/c1-24-18-8-6-17(7-9-18)15-25-13-5-12-22-19(23)14-20(16-21)10-3-2-4-11-20/h6-9H,2-5,10-16,21H2,1H3,(H,22,23). The first-order valence-corrected chi connectivity index (χ1v) is 9.35. The minimum Gasteiger partial charge on any atom is -0.497 e. The largest absolute Gasteiger partial charge is 0.497 e. The highest BCUT2D eigenvalue weighted by molar-refractivity contribution is 5.76. The number of carbonyl (C=O) groups is 1. The van der Waals surface area contributed by atoms with Crippen molar-refractivity contribution in [3.05, 3.63) is 29.8 Å². The van der Waals surface area contributed by atoms with E-state index in [9.17, 15) is 4.79 Å². The number of ether oxygens (including phenoxy) is 2. The maximum Gasteiger partial charge on any atom is 0.220 e. The van der Waals surface area contributed by atoms with E-state index in [0.717, 1.165) is 30.6 Å². The molecular weight excluding hydrogens is 316 g/mol. The van der Waals surface area contributed by atoms with Gasteiger partial charge in [-0.05, 0) is 48.9 Å². The Kier molecular flexibility index (Phi) is 8.22. The third kappa shape index (κ3) is 6.67. The van der Waals surface area contributed by atoms with E-state index < -0.39 is 0 Å². The Balaban J connectivity index is 1.56. The number of benzene rings is 1. The predicted octanol–water partition coefficient (Wildman–Crippen LogP) is 3.02. The average molecular weight is 348 g/mol. The molecule has 1 aliphatic carbocycles. The monoisotopic (exact) mass is 348 g/mol. The summed E-state index contributed by atoms with van der Waals surface area (Å²) in [5.74, 6) is 0.974. The van der Waals surface area contributed by atoms with Crippen molar-refractivity contribution in [2.75, 3.05) is 26.8 Å². The second kappa shape index (κ2) is 10.4. The van der Waals surface area contributed by atoms with Crippen LogP contribution in [0.5, 0.6) is 5.75 Å². The van der Waals surface area contributed by atoms with E-state index in [-0.39, 0.29) is 11.3 Å². The fourth-order valence-corrected chi connectivity index (χ4v) is 3.47. The molecule has 0 bridgehead atoms. The SMILES string of the molecule is COc1ccc(COCCCNC(=O)CC2(CN)CCCCC2)cc1. The highest BCUT2D eigenvalue weighted by Crippen LogP contribution is 2.38. The van der Waals surface area contributed by atoms with E-state index in [4.69, 9.17) is 15.2 Å². The van der Waals surface area contributed by atoms with Crippen molar-refractivity contribution in [2.45, 2.75) is 51.6 Å². The normalized spacial score (nSPS) is 16.4. The predicted molar refractivity (Wildman–Crippen MR) is 99.5 cm³/mol. The Labute approximate surface area is 151 Å². The molecule has 5 heteroatoms. The summed E-state index contributed by atoms with van der Waals surface area (Å²) in [5.41, 5.74) is 7.10. The highest BCUT2D eigenvalue weighted by atomic mass is 16.5. The van der Waals surface area contributed by atoms with E-state index in [2.05, 4.69) is 5.32 Å². The summed E-state index contributed by atoms with van der Waals surface area (Å²) >= 11 is 0. The summed E-state index contributed by atoms with van der Waals surface area (Å²) < 4.78 is 10.8. The first-order chi connectivity index (χ1) is 12.2. The number of nitrogens with one attached hydrogen (secondary N) is 1. The van der Waals surface area contributed by atoms with Crippen molar-refractivity contribution in [1.29, 1.82) is 0 Å². The first kappa shape index (κ1) is 19.7. The van der Waals surface area contributed by atoms with Crippen LogP contribution in [0.3, 0.4) is 0 Å². The van der Waals surface area contributed by atoms with Crippen LogP contribution in [0.1, 0.15) is 50.5 Å². The average Bonchev–Trinajstić information content (AvgIpc) is 2.65. The van der Waals surface area contributed by atoms with E-state index in [1.165, 1.54) is 19.3 Å². The molecule has 0 saturated heterocycles. The second-order valence-corrected chi connectivity index (χ2v) is 7.05. The number of hydrogen-bond acceptors (Lipinski definition) is 4. The Morgan fingerprint density at radius 3 is 2.56 bits per heavy atom. The molecule has 25 heavy (non-hydrogen) atoms. The summed E-state index contributed by atoms with van der Waals surface area (Å²) in [7, 11) is 1.66. The molecule has 0 heterocycles. The third-order valence-electron chi connectivity index (χ3n) is 5.10. The number of nitrogens with two attached hydrogens (primary N) is 1. The minimum atomic E-state index is 0.0349. The Hall–Kier alpha value is -1.59. The molecule has 1 saturated carbocycles. The zero-order valence-electron chi connectivity index (χ0n) is 15.4. The third-order valence-corrected chi connectivity index (χ3v) is 5.10. The molecule has 5 nitrogen and oxygen atoms in total. The van der Waals surface area contributed by atoms with E-state index in [0.29, 0.717) is 32.7 Å². The lowest BCUT2D eigenvalue weighted by molar-refractivity contribution is -0.123. The van der Waals surface area contributed by atoms with Gasteiger partial charge in [0.25, 0.3) is 0 Å². The Bertz CT molecular complexity index is 510. The lowest BCUT2D eigenvalue weighted by Crippen LogP contribution is -2.39. The van der Waals surface area contributed by atoms with Crippen LogP contribution in [0.2, 0.25) is 0 Å². The van der Waals surface area contributed by atoms with E-state index in [1.54, 1.807) is 7.11 Å². The molecule has 1 aromatic rings. The van der Waals surface area contributed by atoms with Gasteiger partial charge in [-0.25, -0.2) is 0 Å². The molecule has 2 rings (SSSR count). The lowest BCUT2D eigenvalue weighted by Gasteiger charge is -2.35. The number of hydrogen-bond donors (Lipinski definition) is 2. The molecule has 0 aromatic heterocycles. The van der Waals surface area contributed by atoms with Gasteiger partial charge in [0, 0.05) is 19.6 Å². The van der Waals surface area contributed by atoms with Crippen LogP contribution in [-0.4, -0.2) is 32.7 Å². The molecule has 1 amide bonds. The second-order valence-electron chi connectivity index (χ2n) is 7.05. The Morgan fingerprint density at radius 2 is 1.92 bits per heavy atom. The zero-order chi connectivity index (χ0) is 18.0. The molecule has 3 N–H and O–H groups in total. The van der Waals surface area contributed by atoms with Crippen LogP contribution < -0.4 is 15.8 Å². The zero-order valence-corrected chi connectivity index (χ0v) is 15.4. The quantitative estimate of drug-likeness (QED) is 0.638. The minimum absolute atomic E-state index is 0.0349. The Morgan fingerprint density at radius 1 is 1.20 bits per heavy atom. The first-order valence-electron chi connectivity index (χ1n) is 9.35.